The Kier molecular flexibility index (Phi) is 3.33. The molecule has 0 N–H and O–H groups in total. The largest absolute Gasteiger partial charge is 0.466 e. The molecule has 0 unspecified atom stereocenters. The Hall–Kier alpha value is -1.55. The smallest absolute Gasteiger partial charge is 0.330 e. The maximum Gasteiger partial charge on any atom is 0.330 e. The lowest BCUT2D eigenvalue weighted by molar-refractivity contribution is -0.134. The first-order valence-corrected chi connectivity index (χ1v) is 5.85. The van der Waals surface area contributed by atoms with Crippen LogP contribution in [-0.2, 0) is 9.53 Å². The molecule has 88 valence electrons. The molecule has 0 saturated carbocycles. The van der Waals surface area contributed by atoms with E-state index in [1.54, 1.807) is 0 Å². The van der Waals surface area contributed by atoms with Gasteiger partial charge in [0.25, 0.3) is 0 Å². The summed E-state index contributed by atoms with van der Waals surface area (Å²) < 4.78 is 11.2. The average Bonchev–Trinajstić information content (AvgIpc) is 2.71. The van der Waals surface area contributed by atoms with Crippen molar-refractivity contribution in [3.8, 4) is 0 Å². The van der Waals surface area contributed by atoms with E-state index < -0.39 is 0 Å². The van der Waals surface area contributed by atoms with Crippen molar-refractivity contribution >= 4 is 38.4 Å². The molecule has 0 saturated heterocycles. The van der Waals surface area contributed by atoms with Crippen LogP contribution in [0.1, 0.15) is 12.7 Å². The van der Waals surface area contributed by atoms with Crippen LogP contribution in [0.25, 0.3) is 16.5 Å². The molecule has 0 spiro atoms. The molecule has 2 rings (SSSR count). The summed E-state index contributed by atoms with van der Waals surface area (Å²) in [6.45, 7) is 1.81. The Morgan fingerprint density at radius 2 is 2.18 bits per heavy atom. The monoisotopic (exact) mass is 294 g/mol. The predicted octanol–water partition coefficient (Wildman–Crippen LogP) is 3.77. The molecule has 0 radical (unpaired) electrons. The van der Waals surface area contributed by atoms with Crippen LogP contribution in [0.5, 0.6) is 0 Å². The Bertz CT molecular complexity index is 596. The van der Waals surface area contributed by atoms with Crippen molar-refractivity contribution in [2.75, 3.05) is 7.11 Å². The highest BCUT2D eigenvalue weighted by molar-refractivity contribution is 9.10. The number of carbonyl (C=O) groups excluding carboxylic acids is 1. The van der Waals surface area contributed by atoms with Crippen molar-refractivity contribution in [1.82, 2.24) is 0 Å². The number of ether oxygens (including phenoxy) is 1. The first-order chi connectivity index (χ1) is 8.10. The van der Waals surface area contributed by atoms with Crippen LogP contribution in [-0.4, -0.2) is 13.1 Å². The Labute approximate surface area is 107 Å². The van der Waals surface area contributed by atoms with Crippen LogP contribution < -0.4 is 0 Å². The van der Waals surface area contributed by atoms with Crippen LogP contribution in [0, 0.1) is 0 Å². The van der Waals surface area contributed by atoms with E-state index in [2.05, 4.69) is 20.7 Å². The van der Waals surface area contributed by atoms with Crippen LogP contribution >= 0.6 is 15.9 Å². The Morgan fingerprint density at radius 1 is 1.41 bits per heavy atom. The molecule has 1 heterocycles. The molecule has 0 fully saturated rings. The zero-order valence-corrected chi connectivity index (χ0v) is 11.1. The molecule has 3 nitrogen and oxygen atoms in total. The zero-order chi connectivity index (χ0) is 12.4. The first kappa shape index (κ1) is 11.9. The van der Waals surface area contributed by atoms with Gasteiger partial charge in [0.1, 0.15) is 11.3 Å². The minimum atomic E-state index is -0.385. The number of carbonyl (C=O) groups is 1. The number of fused-ring (bicyclic) bond motifs is 1. The standard InChI is InChI=1S/C13H11BrO3/c1-8(5-13(15)16-2)12-7-9-6-10(14)3-4-11(9)17-12/h3-7H,1-2H3/b8-5+. The van der Waals surface area contributed by atoms with Gasteiger partial charge in [0.2, 0.25) is 0 Å². The number of halogens is 1. The molecular formula is C13H11BrO3. The van der Waals surface area contributed by atoms with Crippen molar-refractivity contribution in [2.45, 2.75) is 6.92 Å². The molecule has 0 atom stereocenters. The topological polar surface area (TPSA) is 39.4 Å². The highest BCUT2D eigenvalue weighted by Crippen LogP contribution is 2.26. The van der Waals surface area contributed by atoms with E-state index in [0.29, 0.717) is 5.76 Å². The molecule has 2 aromatic rings. The third-order valence-corrected chi connectivity index (χ3v) is 2.90. The van der Waals surface area contributed by atoms with Crippen LogP contribution in [0.15, 0.2) is 39.2 Å². The lowest BCUT2D eigenvalue weighted by Crippen LogP contribution is -1.95. The number of hydrogen-bond acceptors (Lipinski definition) is 3. The molecule has 1 aromatic heterocycles. The lowest BCUT2D eigenvalue weighted by atomic mass is 10.2. The number of furan rings is 1. The Balaban J connectivity index is 2.43. The van der Waals surface area contributed by atoms with E-state index in [-0.39, 0.29) is 5.97 Å². The summed E-state index contributed by atoms with van der Waals surface area (Å²) >= 11 is 3.40. The number of methoxy groups -OCH3 is 1. The number of hydrogen-bond donors (Lipinski definition) is 0. The summed E-state index contributed by atoms with van der Waals surface area (Å²) in [5, 5.41) is 0.993. The molecule has 0 aliphatic heterocycles. The summed E-state index contributed by atoms with van der Waals surface area (Å²) in [5.41, 5.74) is 1.53. The normalized spacial score (nSPS) is 11.8. The fourth-order valence-corrected chi connectivity index (χ4v) is 1.89. The van der Waals surface area contributed by atoms with E-state index >= 15 is 0 Å². The maximum absolute atomic E-state index is 11.1. The van der Waals surface area contributed by atoms with Gasteiger partial charge in [-0.05, 0) is 36.8 Å². The van der Waals surface area contributed by atoms with E-state index in [9.17, 15) is 4.79 Å². The van der Waals surface area contributed by atoms with Gasteiger partial charge in [0.05, 0.1) is 7.11 Å². The van der Waals surface area contributed by atoms with Gasteiger partial charge in [-0.15, -0.1) is 0 Å². The van der Waals surface area contributed by atoms with Crippen molar-refractivity contribution < 1.29 is 13.9 Å². The van der Waals surface area contributed by atoms with Gasteiger partial charge >= 0.3 is 5.97 Å². The SMILES string of the molecule is COC(=O)/C=C(\C)c1cc2cc(Br)ccc2o1. The Morgan fingerprint density at radius 3 is 2.88 bits per heavy atom. The highest BCUT2D eigenvalue weighted by atomic mass is 79.9. The zero-order valence-electron chi connectivity index (χ0n) is 9.49. The number of rotatable bonds is 2. The molecule has 4 heteroatoms. The number of allylic oxidation sites excluding steroid dienone is 1. The summed E-state index contributed by atoms with van der Waals surface area (Å²) in [6.07, 6.45) is 1.41. The summed E-state index contributed by atoms with van der Waals surface area (Å²) in [4.78, 5) is 11.1. The molecule has 0 amide bonds. The molecule has 17 heavy (non-hydrogen) atoms. The van der Waals surface area contributed by atoms with Crippen molar-refractivity contribution in [3.63, 3.8) is 0 Å². The second-order valence-corrected chi connectivity index (χ2v) is 4.56. The van der Waals surface area contributed by atoms with Crippen LogP contribution in [0.4, 0.5) is 0 Å². The minimum absolute atomic E-state index is 0.385. The van der Waals surface area contributed by atoms with Gasteiger partial charge in [-0.3, -0.25) is 0 Å². The fourth-order valence-electron chi connectivity index (χ4n) is 1.52. The summed E-state index contributed by atoms with van der Waals surface area (Å²) in [7, 11) is 1.35. The molecule has 0 bridgehead atoms. The number of esters is 1. The second-order valence-electron chi connectivity index (χ2n) is 3.64. The van der Waals surface area contributed by atoms with Crippen molar-refractivity contribution in [2.24, 2.45) is 0 Å². The van der Waals surface area contributed by atoms with E-state index in [1.165, 1.54) is 13.2 Å². The lowest BCUT2D eigenvalue weighted by Gasteiger charge is -1.95. The second kappa shape index (κ2) is 4.75. The third kappa shape index (κ3) is 2.58. The van der Waals surface area contributed by atoms with Gasteiger partial charge in [-0.25, -0.2) is 4.79 Å². The first-order valence-electron chi connectivity index (χ1n) is 5.06. The molecule has 0 aliphatic rings. The third-order valence-electron chi connectivity index (χ3n) is 2.40. The molecule has 0 aliphatic carbocycles. The van der Waals surface area contributed by atoms with Gasteiger partial charge < -0.3 is 9.15 Å². The summed E-state index contributed by atoms with van der Waals surface area (Å²) in [5.74, 6) is 0.285. The van der Waals surface area contributed by atoms with Gasteiger partial charge in [0, 0.05) is 15.9 Å². The van der Waals surface area contributed by atoms with Crippen LogP contribution in [0.3, 0.4) is 0 Å². The predicted molar refractivity (Wildman–Crippen MR) is 69.6 cm³/mol. The fraction of sp³-hybridized carbons (Fsp3) is 0.154. The molecular weight excluding hydrogens is 284 g/mol. The quantitative estimate of drug-likeness (QED) is 0.625. The van der Waals surface area contributed by atoms with E-state index in [0.717, 1.165) is 21.0 Å². The van der Waals surface area contributed by atoms with Gasteiger partial charge in [-0.2, -0.15) is 0 Å². The maximum atomic E-state index is 11.1. The highest BCUT2D eigenvalue weighted by Gasteiger charge is 2.07. The molecule has 1 aromatic carbocycles. The minimum Gasteiger partial charge on any atom is -0.466 e. The van der Waals surface area contributed by atoms with Gasteiger partial charge in [0.15, 0.2) is 0 Å². The van der Waals surface area contributed by atoms with Crippen molar-refractivity contribution in [3.05, 3.63) is 40.6 Å². The van der Waals surface area contributed by atoms with Crippen LogP contribution in [0.2, 0.25) is 0 Å². The summed E-state index contributed by atoms with van der Waals surface area (Å²) in [6, 6.07) is 7.66. The van der Waals surface area contributed by atoms with E-state index in [4.69, 9.17) is 4.42 Å². The van der Waals surface area contributed by atoms with E-state index in [1.807, 2.05) is 31.2 Å². The number of benzene rings is 1. The van der Waals surface area contributed by atoms with Gasteiger partial charge in [-0.1, -0.05) is 15.9 Å². The van der Waals surface area contributed by atoms with Crippen molar-refractivity contribution in [1.29, 1.82) is 0 Å². The average molecular weight is 295 g/mol.